The van der Waals surface area contributed by atoms with Gasteiger partial charge in [-0.25, -0.2) is 4.68 Å². The van der Waals surface area contributed by atoms with E-state index in [1.165, 1.54) is 19.8 Å². The fourth-order valence-electron chi connectivity index (χ4n) is 3.08. The summed E-state index contributed by atoms with van der Waals surface area (Å²) in [6.45, 7) is 4.52. The second kappa shape index (κ2) is 8.33. The lowest BCUT2D eigenvalue weighted by Gasteiger charge is -2.14. The minimum atomic E-state index is -0.0676. The molecule has 1 N–H and O–H groups in total. The van der Waals surface area contributed by atoms with Crippen LogP contribution in [0.25, 0.3) is 16.6 Å². The average molecular weight is 414 g/mol. The molecular formula is C22H24ClN3O3. The van der Waals surface area contributed by atoms with Gasteiger partial charge in [0.2, 0.25) is 5.91 Å². The number of aromatic nitrogens is 2. The third-order valence-electron chi connectivity index (χ3n) is 4.80. The average Bonchev–Trinajstić information content (AvgIpc) is 3.42. The largest absolute Gasteiger partial charge is 0.492 e. The summed E-state index contributed by atoms with van der Waals surface area (Å²) >= 11 is 6.53. The summed E-state index contributed by atoms with van der Waals surface area (Å²) < 4.78 is 13.4. The highest BCUT2D eigenvalue weighted by molar-refractivity contribution is 6.36. The second-order valence-electron chi connectivity index (χ2n) is 7.55. The number of ether oxygens (including phenoxy) is 2. The molecule has 7 heteroatoms. The van der Waals surface area contributed by atoms with Crippen molar-refractivity contribution in [3.63, 3.8) is 0 Å². The van der Waals surface area contributed by atoms with E-state index in [9.17, 15) is 4.79 Å². The van der Waals surface area contributed by atoms with Gasteiger partial charge in [-0.3, -0.25) is 4.79 Å². The van der Waals surface area contributed by atoms with Crippen molar-refractivity contribution in [2.75, 3.05) is 13.2 Å². The van der Waals surface area contributed by atoms with E-state index in [0.29, 0.717) is 29.9 Å². The van der Waals surface area contributed by atoms with E-state index in [0.717, 1.165) is 22.3 Å². The van der Waals surface area contributed by atoms with Gasteiger partial charge in [-0.05, 0) is 62.1 Å². The van der Waals surface area contributed by atoms with Crippen LogP contribution in [0.1, 0.15) is 26.7 Å². The van der Waals surface area contributed by atoms with Gasteiger partial charge >= 0.3 is 0 Å². The lowest BCUT2D eigenvalue weighted by Crippen LogP contribution is -2.35. The number of nitrogens with zero attached hydrogens (tertiary/aromatic N) is 2. The topological polar surface area (TPSA) is 65.4 Å². The molecule has 3 aromatic rings. The summed E-state index contributed by atoms with van der Waals surface area (Å²) in [5.41, 5.74) is 1.63. The van der Waals surface area contributed by atoms with Gasteiger partial charge in [0.15, 0.2) is 0 Å². The van der Waals surface area contributed by atoms with Crippen molar-refractivity contribution < 1.29 is 14.3 Å². The fourth-order valence-corrected chi connectivity index (χ4v) is 3.34. The summed E-state index contributed by atoms with van der Waals surface area (Å²) in [7, 11) is 0. The summed E-state index contributed by atoms with van der Waals surface area (Å²) in [4.78, 5) is 11.1. The number of carbonyl (C=O) groups is 1. The number of benzene rings is 2. The number of fused-ring (bicyclic) bond motifs is 1. The number of amides is 1. The summed E-state index contributed by atoms with van der Waals surface area (Å²) in [5.74, 6) is 2.02. The van der Waals surface area contributed by atoms with E-state index in [2.05, 4.69) is 10.4 Å². The van der Waals surface area contributed by atoms with Crippen LogP contribution in [0, 0.1) is 5.92 Å². The van der Waals surface area contributed by atoms with Crippen molar-refractivity contribution in [3.8, 4) is 17.2 Å². The predicted molar refractivity (Wildman–Crippen MR) is 113 cm³/mol. The molecule has 152 valence electrons. The Morgan fingerprint density at radius 1 is 1.24 bits per heavy atom. The van der Waals surface area contributed by atoms with Crippen LogP contribution in [0.2, 0.25) is 5.02 Å². The van der Waals surface area contributed by atoms with Crippen LogP contribution in [0.4, 0.5) is 0 Å². The molecule has 0 unspecified atom stereocenters. The number of hydrogen-bond donors (Lipinski definition) is 1. The molecule has 1 saturated carbocycles. The molecule has 0 bridgehead atoms. The first-order valence-electron chi connectivity index (χ1n) is 9.80. The van der Waals surface area contributed by atoms with Gasteiger partial charge in [-0.15, -0.1) is 0 Å². The zero-order valence-corrected chi connectivity index (χ0v) is 17.3. The van der Waals surface area contributed by atoms with Crippen LogP contribution in [-0.2, 0) is 4.79 Å². The highest BCUT2D eigenvalue weighted by atomic mass is 35.5. The van der Waals surface area contributed by atoms with Crippen molar-refractivity contribution in [1.82, 2.24) is 15.1 Å². The van der Waals surface area contributed by atoms with E-state index in [4.69, 9.17) is 21.1 Å². The summed E-state index contributed by atoms with van der Waals surface area (Å²) in [5, 5.41) is 8.94. The first kappa shape index (κ1) is 19.6. The number of carbonyl (C=O) groups excluding carboxylic acids is 1. The fraction of sp³-hybridized carbons (Fsp3) is 0.364. The minimum Gasteiger partial charge on any atom is -0.492 e. The van der Waals surface area contributed by atoms with Gasteiger partial charge in [0.25, 0.3) is 0 Å². The highest BCUT2D eigenvalue weighted by Crippen LogP contribution is 2.35. The number of hydrogen-bond acceptors (Lipinski definition) is 4. The molecule has 1 amide bonds. The highest BCUT2D eigenvalue weighted by Gasteiger charge is 2.22. The standard InChI is InChI=1S/C22H24ClN3O3/c1-14(24-15(2)27)12-28-19-8-6-18(7-9-19)26-11-17-5-10-20(21(23)22(17)25-26)29-13-16-3-4-16/h5-11,14,16H,3-4,12-13H2,1-2H3,(H,24,27)/t14-/m0/s1. The van der Waals surface area contributed by atoms with Gasteiger partial charge in [0, 0.05) is 18.5 Å². The monoisotopic (exact) mass is 413 g/mol. The molecule has 0 spiro atoms. The van der Waals surface area contributed by atoms with Crippen molar-refractivity contribution in [3.05, 3.63) is 47.6 Å². The molecule has 2 aromatic carbocycles. The SMILES string of the molecule is CC(=O)N[C@@H](C)COc1ccc(-n2cc3ccc(OCC4CC4)c(Cl)c3n2)cc1. The Morgan fingerprint density at radius 3 is 2.69 bits per heavy atom. The van der Waals surface area contributed by atoms with E-state index in [1.807, 2.05) is 49.5 Å². The first-order valence-corrected chi connectivity index (χ1v) is 10.2. The molecule has 0 aliphatic heterocycles. The maximum absolute atomic E-state index is 11.1. The van der Waals surface area contributed by atoms with Gasteiger partial charge in [0.1, 0.15) is 28.6 Å². The van der Waals surface area contributed by atoms with Crippen molar-refractivity contribution in [2.45, 2.75) is 32.7 Å². The van der Waals surface area contributed by atoms with Crippen LogP contribution in [0.3, 0.4) is 0 Å². The Hall–Kier alpha value is -2.73. The molecule has 4 rings (SSSR count). The van der Waals surface area contributed by atoms with Crippen LogP contribution >= 0.6 is 11.6 Å². The second-order valence-corrected chi connectivity index (χ2v) is 7.93. The predicted octanol–water partition coefficient (Wildman–Crippen LogP) is 4.37. The van der Waals surface area contributed by atoms with E-state index in [-0.39, 0.29) is 11.9 Å². The van der Waals surface area contributed by atoms with E-state index in [1.54, 1.807) is 4.68 Å². The van der Waals surface area contributed by atoms with E-state index >= 15 is 0 Å². The van der Waals surface area contributed by atoms with Crippen LogP contribution in [0.5, 0.6) is 11.5 Å². The summed E-state index contributed by atoms with van der Waals surface area (Å²) in [6, 6.07) is 11.5. The Morgan fingerprint density at radius 2 is 2.00 bits per heavy atom. The van der Waals surface area contributed by atoms with Gasteiger partial charge < -0.3 is 14.8 Å². The smallest absolute Gasteiger partial charge is 0.217 e. The van der Waals surface area contributed by atoms with Crippen LogP contribution in [-0.4, -0.2) is 34.9 Å². The molecule has 1 heterocycles. The third kappa shape index (κ3) is 4.82. The molecule has 1 fully saturated rings. The normalized spacial score (nSPS) is 14.6. The maximum atomic E-state index is 11.1. The van der Waals surface area contributed by atoms with Gasteiger partial charge in [0.05, 0.1) is 18.3 Å². The Kier molecular flexibility index (Phi) is 5.62. The van der Waals surface area contributed by atoms with Crippen LogP contribution < -0.4 is 14.8 Å². The van der Waals surface area contributed by atoms with Crippen molar-refractivity contribution in [1.29, 1.82) is 0 Å². The number of halogens is 1. The van der Waals surface area contributed by atoms with E-state index < -0.39 is 0 Å². The Balaban J connectivity index is 1.46. The van der Waals surface area contributed by atoms with Crippen molar-refractivity contribution >= 4 is 28.4 Å². The molecule has 29 heavy (non-hydrogen) atoms. The molecular weight excluding hydrogens is 390 g/mol. The maximum Gasteiger partial charge on any atom is 0.217 e. The molecule has 1 aliphatic rings. The summed E-state index contributed by atoms with van der Waals surface area (Å²) in [6.07, 6.45) is 4.42. The van der Waals surface area contributed by atoms with Crippen molar-refractivity contribution in [2.24, 2.45) is 5.92 Å². The molecule has 0 saturated heterocycles. The quantitative estimate of drug-likeness (QED) is 0.595. The molecule has 1 aromatic heterocycles. The molecule has 0 radical (unpaired) electrons. The lowest BCUT2D eigenvalue weighted by molar-refractivity contribution is -0.119. The lowest BCUT2D eigenvalue weighted by atomic mass is 10.2. The Bertz CT molecular complexity index is 1010. The number of nitrogens with one attached hydrogen (secondary N) is 1. The zero-order valence-electron chi connectivity index (χ0n) is 16.5. The first-order chi connectivity index (χ1) is 14.0. The minimum absolute atomic E-state index is 0.0536. The molecule has 1 atom stereocenters. The Labute approximate surface area is 174 Å². The zero-order chi connectivity index (χ0) is 20.4. The van der Waals surface area contributed by atoms with Crippen LogP contribution in [0.15, 0.2) is 42.6 Å². The third-order valence-corrected chi connectivity index (χ3v) is 5.17. The molecule has 6 nitrogen and oxygen atoms in total. The molecule has 1 aliphatic carbocycles. The van der Waals surface area contributed by atoms with Gasteiger partial charge in [-0.1, -0.05) is 11.6 Å². The van der Waals surface area contributed by atoms with Gasteiger partial charge in [-0.2, -0.15) is 5.10 Å². The number of rotatable bonds is 8.